The summed E-state index contributed by atoms with van der Waals surface area (Å²) < 4.78 is 5.09. The Morgan fingerprint density at radius 2 is 2.00 bits per heavy atom. The molecule has 1 rings (SSSR count). The van der Waals surface area contributed by atoms with Gasteiger partial charge in [-0.1, -0.05) is 25.5 Å². The van der Waals surface area contributed by atoms with Gasteiger partial charge in [0.1, 0.15) is 0 Å². The Bertz CT molecular complexity index is 378. The number of benzene rings is 1. The number of aryl methyl sites for hydroxylation is 1. The Labute approximate surface area is 127 Å². The van der Waals surface area contributed by atoms with Crippen molar-refractivity contribution < 1.29 is 9.53 Å². The molecule has 5 heteroatoms. The Balaban J connectivity index is 0.00000361. The topological polar surface area (TPSA) is 64.4 Å². The molecule has 0 saturated carbocycles. The molecular weight excluding hydrogens is 276 g/mol. The predicted octanol–water partition coefficient (Wildman–Crippen LogP) is 2.75. The number of nitrogens with two attached hydrogens (primary N) is 1. The second kappa shape index (κ2) is 10.7. The van der Waals surface area contributed by atoms with Crippen molar-refractivity contribution in [3.05, 3.63) is 29.8 Å². The summed E-state index contributed by atoms with van der Waals surface area (Å²) in [6, 6.07) is 7.99. The van der Waals surface area contributed by atoms with Gasteiger partial charge in [-0.2, -0.15) is 0 Å². The zero-order valence-corrected chi connectivity index (χ0v) is 13.0. The Morgan fingerprint density at radius 1 is 1.35 bits per heavy atom. The van der Waals surface area contributed by atoms with E-state index >= 15 is 0 Å². The first kappa shape index (κ1) is 18.9. The maximum absolute atomic E-state index is 11.8. The molecule has 0 radical (unpaired) electrons. The van der Waals surface area contributed by atoms with E-state index in [-0.39, 0.29) is 30.8 Å². The molecule has 0 aliphatic rings. The standard InChI is InChI=1S/C15H24N2O2.ClH/c1-3-4-5-12-6-8-13(9-7-12)17-15(18)10-14(11-16)19-2;/h6-9,14H,3-5,10-11,16H2,1-2H3,(H,17,18);1H. The van der Waals surface area contributed by atoms with E-state index in [0.29, 0.717) is 6.54 Å². The van der Waals surface area contributed by atoms with Crippen LogP contribution in [0.4, 0.5) is 5.69 Å². The summed E-state index contributed by atoms with van der Waals surface area (Å²) in [4.78, 5) is 11.8. The van der Waals surface area contributed by atoms with Gasteiger partial charge in [-0.25, -0.2) is 0 Å². The number of carbonyl (C=O) groups excluding carboxylic acids is 1. The number of hydrogen-bond acceptors (Lipinski definition) is 3. The molecule has 1 atom stereocenters. The fourth-order valence-corrected chi connectivity index (χ4v) is 1.82. The zero-order chi connectivity index (χ0) is 14.1. The summed E-state index contributed by atoms with van der Waals surface area (Å²) in [7, 11) is 1.56. The molecule has 4 nitrogen and oxygen atoms in total. The maximum atomic E-state index is 11.8. The molecule has 1 aromatic carbocycles. The number of carbonyl (C=O) groups is 1. The molecule has 114 valence electrons. The molecule has 0 heterocycles. The highest BCUT2D eigenvalue weighted by Gasteiger charge is 2.11. The lowest BCUT2D eigenvalue weighted by atomic mass is 10.1. The van der Waals surface area contributed by atoms with Crippen molar-refractivity contribution in [2.24, 2.45) is 5.73 Å². The van der Waals surface area contributed by atoms with Gasteiger partial charge >= 0.3 is 0 Å². The average Bonchev–Trinajstić information content (AvgIpc) is 2.44. The van der Waals surface area contributed by atoms with Crippen LogP contribution < -0.4 is 11.1 Å². The van der Waals surface area contributed by atoms with Crippen molar-refractivity contribution in [3.63, 3.8) is 0 Å². The molecule has 0 bridgehead atoms. The molecule has 0 aliphatic heterocycles. The predicted molar refractivity (Wildman–Crippen MR) is 85.4 cm³/mol. The van der Waals surface area contributed by atoms with E-state index in [1.165, 1.54) is 18.4 Å². The van der Waals surface area contributed by atoms with E-state index in [4.69, 9.17) is 10.5 Å². The third kappa shape index (κ3) is 6.89. The first-order valence-electron chi connectivity index (χ1n) is 6.81. The molecule has 3 N–H and O–H groups in total. The van der Waals surface area contributed by atoms with Crippen molar-refractivity contribution in [2.75, 3.05) is 19.0 Å². The second-order valence-corrected chi connectivity index (χ2v) is 4.65. The van der Waals surface area contributed by atoms with E-state index < -0.39 is 0 Å². The average molecular weight is 301 g/mol. The number of unbranched alkanes of at least 4 members (excludes halogenated alkanes) is 1. The smallest absolute Gasteiger partial charge is 0.227 e. The Morgan fingerprint density at radius 3 is 2.50 bits per heavy atom. The van der Waals surface area contributed by atoms with Crippen LogP contribution in [0.3, 0.4) is 0 Å². The number of ether oxygens (including phenoxy) is 1. The first-order chi connectivity index (χ1) is 9.19. The Kier molecular flexibility index (Phi) is 10.1. The van der Waals surface area contributed by atoms with Gasteiger partial charge < -0.3 is 15.8 Å². The lowest BCUT2D eigenvalue weighted by molar-refractivity contribution is -0.118. The summed E-state index contributed by atoms with van der Waals surface area (Å²) in [5.74, 6) is -0.0707. The number of amides is 1. The third-order valence-corrected chi connectivity index (χ3v) is 3.07. The number of rotatable bonds is 8. The van der Waals surface area contributed by atoms with E-state index in [2.05, 4.69) is 24.4 Å². The molecule has 1 aromatic rings. The van der Waals surface area contributed by atoms with Crippen molar-refractivity contribution in [2.45, 2.75) is 38.7 Å². The first-order valence-corrected chi connectivity index (χ1v) is 6.81. The van der Waals surface area contributed by atoms with Crippen molar-refractivity contribution >= 4 is 24.0 Å². The van der Waals surface area contributed by atoms with Crippen LogP contribution in [0.25, 0.3) is 0 Å². The fourth-order valence-electron chi connectivity index (χ4n) is 1.82. The van der Waals surface area contributed by atoms with Crippen LogP contribution in [0.15, 0.2) is 24.3 Å². The maximum Gasteiger partial charge on any atom is 0.227 e. The third-order valence-electron chi connectivity index (χ3n) is 3.07. The highest BCUT2D eigenvalue weighted by atomic mass is 35.5. The number of hydrogen-bond donors (Lipinski definition) is 2. The number of nitrogens with one attached hydrogen (secondary N) is 1. The van der Waals surface area contributed by atoms with Crippen LogP contribution >= 0.6 is 12.4 Å². The lowest BCUT2D eigenvalue weighted by Gasteiger charge is -2.12. The van der Waals surface area contributed by atoms with Crippen LogP contribution in [-0.4, -0.2) is 25.7 Å². The zero-order valence-electron chi connectivity index (χ0n) is 12.2. The summed E-state index contributed by atoms with van der Waals surface area (Å²) in [5.41, 5.74) is 7.61. The lowest BCUT2D eigenvalue weighted by Crippen LogP contribution is -2.28. The molecule has 0 aliphatic carbocycles. The summed E-state index contributed by atoms with van der Waals surface area (Å²) in [6.07, 6.45) is 3.53. The highest BCUT2D eigenvalue weighted by molar-refractivity contribution is 5.91. The van der Waals surface area contributed by atoms with Gasteiger partial charge in [-0.3, -0.25) is 4.79 Å². The molecule has 0 spiro atoms. The van der Waals surface area contributed by atoms with Crippen LogP contribution in [0, 0.1) is 0 Å². The summed E-state index contributed by atoms with van der Waals surface area (Å²) in [5, 5.41) is 2.85. The minimum atomic E-state index is -0.219. The molecule has 20 heavy (non-hydrogen) atoms. The quantitative estimate of drug-likeness (QED) is 0.776. The molecule has 1 amide bonds. The highest BCUT2D eigenvalue weighted by Crippen LogP contribution is 2.12. The molecule has 0 saturated heterocycles. The second-order valence-electron chi connectivity index (χ2n) is 4.65. The molecule has 0 aromatic heterocycles. The van der Waals surface area contributed by atoms with Crippen molar-refractivity contribution in [1.82, 2.24) is 0 Å². The summed E-state index contributed by atoms with van der Waals surface area (Å²) in [6.45, 7) is 2.53. The van der Waals surface area contributed by atoms with E-state index in [0.717, 1.165) is 12.1 Å². The van der Waals surface area contributed by atoms with Crippen LogP contribution in [0.1, 0.15) is 31.7 Å². The van der Waals surface area contributed by atoms with Gasteiger partial charge in [0.25, 0.3) is 0 Å². The molecular formula is C15H25ClN2O2. The van der Waals surface area contributed by atoms with Gasteiger partial charge in [0, 0.05) is 19.3 Å². The van der Waals surface area contributed by atoms with Gasteiger partial charge in [-0.05, 0) is 30.5 Å². The van der Waals surface area contributed by atoms with Crippen LogP contribution in [0.2, 0.25) is 0 Å². The molecule has 1 unspecified atom stereocenters. The largest absolute Gasteiger partial charge is 0.380 e. The van der Waals surface area contributed by atoms with Crippen LogP contribution in [0.5, 0.6) is 0 Å². The number of anilines is 1. The van der Waals surface area contributed by atoms with Gasteiger partial charge in [0.15, 0.2) is 0 Å². The SMILES string of the molecule is CCCCc1ccc(NC(=O)CC(CN)OC)cc1.Cl. The fraction of sp³-hybridized carbons (Fsp3) is 0.533. The summed E-state index contributed by atoms with van der Waals surface area (Å²) >= 11 is 0. The monoisotopic (exact) mass is 300 g/mol. The van der Waals surface area contributed by atoms with Crippen molar-refractivity contribution in [3.8, 4) is 0 Å². The molecule has 0 fully saturated rings. The van der Waals surface area contributed by atoms with E-state index in [9.17, 15) is 4.79 Å². The van der Waals surface area contributed by atoms with E-state index in [1.807, 2.05) is 12.1 Å². The minimum absolute atomic E-state index is 0. The van der Waals surface area contributed by atoms with E-state index in [1.54, 1.807) is 7.11 Å². The van der Waals surface area contributed by atoms with Gasteiger partial charge in [-0.15, -0.1) is 12.4 Å². The normalized spacial score (nSPS) is 11.6. The number of methoxy groups -OCH3 is 1. The minimum Gasteiger partial charge on any atom is -0.380 e. The number of halogens is 1. The van der Waals surface area contributed by atoms with Gasteiger partial charge in [0.2, 0.25) is 5.91 Å². The van der Waals surface area contributed by atoms with Crippen LogP contribution in [-0.2, 0) is 16.0 Å². The van der Waals surface area contributed by atoms with Gasteiger partial charge in [0.05, 0.1) is 12.5 Å². The Hall–Kier alpha value is -1.10. The van der Waals surface area contributed by atoms with Crippen molar-refractivity contribution in [1.29, 1.82) is 0 Å².